The van der Waals surface area contributed by atoms with Gasteiger partial charge < -0.3 is 9.47 Å². The largest absolute Gasteiger partial charge is 0.332 e. The van der Waals surface area contributed by atoms with Crippen LogP contribution < -0.4 is 16.1 Å². The lowest BCUT2D eigenvalue weighted by molar-refractivity contribution is 0.458. The van der Waals surface area contributed by atoms with Gasteiger partial charge in [0.1, 0.15) is 0 Å². The molecule has 3 heterocycles. The minimum atomic E-state index is -0.351. The lowest BCUT2D eigenvalue weighted by atomic mass is 10.1. The summed E-state index contributed by atoms with van der Waals surface area (Å²) in [6, 6.07) is 16.1. The van der Waals surface area contributed by atoms with Crippen molar-refractivity contribution in [3.63, 3.8) is 0 Å². The van der Waals surface area contributed by atoms with Gasteiger partial charge in [-0.1, -0.05) is 43.3 Å². The number of hydrogen-bond acceptors (Lipinski definition) is 4. The zero-order valence-corrected chi connectivity index (χ0v) is 18.9. The van der Waals surface area contributed by atoms with E-state index in [0.29, 0.717) is 29.6 Å². The molecule has 0 unspecified atom stereocenters. The highest BCUT2D eigenvalue weighted by atomic mass is 16.2. The van der Waals surface area contributed by atoms with Gasteiger partial charge >= 0.3 is 5.69 Å². The summed E-state index contributed by atoms with van der Waals surface area (Å²) in [5, 5.41) is 0. The first-order valence-corrected chi connectivity index (χ1v) is 10.9. The van der Waals surface area contributed by atoms with Crippen molar-refractivity contribution >= 4 is 22.8 Å². The number of nitrogens with zero attached hydrogens (tertiary/aromatic N) is 5. The fourth-order valence-corrected chi connectivity index (χ4v) is 4.62. The molecule has 164 valence electrons. The van der Waals surface area contributed by atoms with Gasteiger partial charge in [0.2, 0.25) is 5.95 Å². The zero-order chi connectivity index (χ0) is 22.6. The number of imidazole rings is 1. The lowest BCUT2D eigenvalue weighted by Crippen LogP contribution is -2.40. The third-order valence-corrected chi connectivity index (χ3v) is 6.35. The Hall–Kier alpha value is -3.61. The molecule has 1 aliphatic rings. The van der Waals surface area contributed by atoms with Gasteiger partial charge in [-0.3, -0.25) is 13.9 Å². The summed E-state index contributed by atoms with van der Waals surface area (Å²) >= 11 is 0. The van der Waals surface area contributed by atoms with Crippen LogP contribution >= 0.6 is 0 Å². The number of rotatable bonds is 3. The highest BCUT2D eigenvalue weighted by Gasteiger charge is 2.30. The predicted molar refractivity (Wildman–Crippen MR) is 127 cm³/mol. The van der Waals surface area contributed by atoms with Gasteiger partial charge in [-0.05, 0) is 48.6 Å². The van der Waals surface area contributed by atoms with Gasteiger partial charge in [0.15, 0.2) is 11.2 Å². The second kappa shape index (κ2) is 7.51. The number of hydrogen-bond donors (Lipinski definition) is 0. The topological polar surface area (TPSA) is 65.1 Å². The van der Waals surface area contributed by atoms with E-state index in [-0.39, 0.29) is 17.8 Å². The Bertz CT molecular complexity index is 1460. The molecule has 0 saturated heterocycles. The number of aryl methyl sites for hydroxylation is 3. The lowest BCUT2D eigenvalue weighted by Gasteiger charge is -2.33. The first-order valence-electron chi connectivity index (χ1n) is 10.9. The van der Waals surface area contributed by atoms with Crippen LogP contribution in [0.2, 0.25) is 0 Å². The third kappa shape index (κ3) is 3.16. The summed E-state index contributed by atoms with van der Waals surface area (Å²) in [6.07, 6.45) is 0. The molecule has 0 N–H and O–H groups in total. The van der Waals surface area contributed by atoms with Crippen molar-refractivity contribution in [1.82, 2.24) is 18.7 Å². The standard InChI is InChI=1S/C25H27N5O2/c1-16-8-7-11-20(12-16)28-13-17(2)14-29-21-22(26-24(28)29)27(4)25(32)30(23(21)31)15-19-10-6-5-9-18(19)3/h5-12,17H,13-15H2,1-4H3/t17-/m1/s1. The smallest absolute Gasteiger partial charge is 0.312 e. The van der Waals surface area contributed by atoms with Crippen LogP contribution in [0.4, 0.5) is 11.6 Å². The quantitative estimate of drug-likeness (QED) is 0.501. The predicted octanol–water partition coefficient (Wildman–Crippen LogP) is 3.35. The van der Waals surface area contributed by atoms with Gasteiger partial charge in [0.05, 0.1) is 6.54 Å². The van der Waals surface area contributed by atoms with Crippen LogP contribution in [0.25, 0.3) is 11.2 Å². The molecule has 0 bridgehead atoms. The molecule has 0 spiro atoms. The monoisotopic (exact) mass is 429 g/mol. The number of benzene rings is 2. The maximum atomic E-state index is 13.6. The molecule has 1 aliphatic heterocycles. The second-order valence-corrected chi connectivity index (χ2v) is 8.91. The highest BCUT2D eigenvalue weighted by Crippen LogP contribution is 2.33. The maximum absolute atomic E-state index is 13.6. The molecule has 0 saturated carbocycles. The minimum absolute atomic E-state index is 0.242. The van der Waals surface area contributed by atoms with Crippen molar-refractivity contribution in [1.29, 1.82) is 0 Å². The van der Waals surface area contributed by atoms with E-state index in [1.54, 1.807) is 7.05 Å². The minimum Gasteiger partial charge on any atom is -0.312 e. The van der Waals surface area contributed by atoms with Gasteiger partial charge in [0, 0.05) is 25.8 Å². The van der Waals surface area contributed by atoms with Gasteiger partial charge in [-0.25, -0.2) is 4.79 Å². The van der Waals surface area contributed by atoms with Crippen LogP contribution in [0.5, 0.6) is 0 Å². The van der Waals surface area contributed by atoms with E-state index in [1.807, 2.05) is 41.8 Å². The molecular weight excluding hydrogens is 402 g/mol. The van der Waals surface area contributed by atoms with E-state index in [4.69, 9.17) is 4.98 Å². The van der Waals surface area contributed by atoms with Crippen LogP contribution in [0, 0.1) is 19.8 Å². The summed E-state index contributed by atoms with van der Waals surface area (Å²) < 4.78 is 4.82. The molecule has 4 aromatic rings. The molecule has 7 nitrogen and oxygen atoms in total. The molecule has 0 amide bonds. The van der Waals surface area contributed by atoms with E-state index in [9.17, 15) is 9.59 Å². The van der Waals surface area contributed by atoms with Crippen molar-refractivity contribution in [3.05, 3.63) is 86.1 Å². The normalized spacial score (nSPS) is 15.9. The average molecular weight is 430 g/mol. The Kier molecular flexibility index (Phi) is 4.77. The zero-order valence-electron chi connectivity index (χ0n) is 18.9. The van der Waals surface area contributed by atoms with Crippen LogP contribution in [0.3, 0.4) is 0 Å². The maximum Gasteiger partial charge on any atom is 0.332 e. The van der Waals surface area contributed by atoms with E-state index >= 15 is 0 Å². The van der Waals surface area contributed by atoms with Gasteiger partial charge in [-0.15, -0.1) is 0 Å². The van der Waals surface area contributed by atoms with Gasteiger partial charge in [0.25, 0.3) is 5.56 Å². The molecule has 2 aromatic carbocycles. The van der Waals surface area contributed by atoms with Crippen LogP contribution in [-0.2, 0) is 20.1 Å². The second-order valence-electron chi connectivity index (χ2n) is 8.91. The van der Waals surface area contributed by atoms with Crippen molar-refractivity contribution in [2.45, 2.75) is 33.9 Å². The Morgan fingerprint density at radius 3 is 2.56 bits per heavy atom. The van der Waals surface area contributed by atoms with Crippen LogP contribution in [0.1, 0.15) is 23.6 Å². The number of aromatic nitrogens is 4. The molecule has 2 aromatic heterocycles. The van der Waals surface area contributed by atoms with Crippen molar-refractivity contribution in [3.8, 4) is 0 Å². The van der Waals surface area contributed by atoms with Gasteiger partial charge in [-0.2, -0.15) is 4.98 Å². The molecule has 0 aliphatic carbocycles. The molecule has 7 heteroatoms. The summed E-state index contributed by atoms with van der Waals surface area (Å²) in [6.45, 7) is 7.96. The Morgan fingerprint density at radius 1 is 1.03 bits per heavy atom. The molecule has 0 fully saturated rings. The van der Waals surface area contributed by atoms with Crippen molar-refractivity contribution in [2.24, 2.45) is 13.0 Å². The summed E-state index contributed by atoms with van der Waals surface area (Å²) in [4.78, 5) is 33.7. The van der Waals surface area contributed by atoms with Crippen LogP contribution in [0.15, 0.2) is 58.1 Å². The average Bonchev–Trinajstić information content (AvgIpc) is 3.15. The fraction of sp³-hybridized carbons (Fsp3) is 0.320. The number of anilines is 2. The first-order chi connectivity index (χ1) is 15.3. The molecule has 32 heavy (non-hydrogen) atoms. The van der Waals surface area contributed by atoms with Crippen LogP contribution in [-0.4, -0.2) is 25.2 Å². The number of fused-ring (bicyclic) bond motifs is 3. The van der Waals surface area contributed by atoms with E-state index in [2.05, 4.69) is 36.9 Å². The Balaban J connectivity index is 1.74. The Morgan fingerprint density at radius 2 is 1.81 bits per heavy atom. The molecule has 5 rings (SSSR count). The molecule has 0 radical (unpaired) electrons. The molecule has 1 atom stereocenters. The summed E-state index contributed by atoms with van der Waals surface area (Å²) in [5.74, 6) is 1.03. The van der Waals surface area contributed by atoms with Crippen molar-refractivity contribution in [2.75, 3.05) is 11.4 Å². The third-order valence-electron chi connectivity index (χ3n) is 6.35. The van der Waals surface area contributed by atoms with E-state index < -0.39 is 0 Å². The van der Waals surface area contributed by atoms with Crippen molar-refractivity contribution < 1.29 is 0 Å². The summed E-state index contributed by atoms with van der Waals surface area (Å²) in [5.41, 5.74) is 4.49. The first kappa shape index (κ1) is 20.3. The highest BCUT2D eigenvalue weighted by molar-refractivity contribution is 5.77. The Labute approximate surface area is 186 Å². The molecular formula is C25H27N5O2. The fourth-order valence-electron chi connectivity index (χ4n) is 4.62. The SMILES string of the molecule is Cc1cccc(N2C[C@@H](C)Cn3c2nc2c3c(=O)n(Cc3ccccc3C)c(=O)n2C)c1. The van der Waals surface area contributed by atoms with E-state index in [1.165, 1.54) is 9.13 Å². The summed E-state index contributed by atoms with van der Waals surface area (Å²) in [7, 11) is 1.69. The van der Waals surface area contributed by atoms with E-state index in [0.717, 1.165) is 28.9 Å².